The third kappa shape index (κ3) is 4.76. The fourth-order valence-corrected chi connectivity index (χ4v) is 2.84. The van der Waals surface area contributed by atoms with Gasteiger partial charge in [-0.1, -0.05) is 42.5 Å². The third-order valence-corrected chi connectivity index (χ3v) is 4.51. The Bertz CT molecular complexity index is 893. The topological polar surface area (TPSA) is 70.6 Å². The van der Waals surface area contributed by atoms with Crippen molar-refractivity contribution in [2.45, 2.75) is 25.4 Å². The molecule has 0 saturated heterocycles. The highest BCUT2D eigenvalue weighted by Gasteiger charge is 2.43. The largest absolute Gasteiger partial charge is 0.471 e. The van der Waals surface area contributed by atoms with E-state index in [2.05, 4.69) is 10.5 Å². The number of nitrogens with one attached hydrogen (secondary N) is 2. The molecule has 28 heavy (non-hydrogen) atoms. The molecule has 1 aliphatic carbocycles. The summed E-state index contributed by atoms with van der Waals surface area (Å²) in [6, 6.07) is 15.5. The van der Waals surface area contributed by atoms with Crippen LogP contribution in [0.1, 0.15) is 30.4 Å². The highest BCUT2D eigenvalue weighted by atomic mass is 19.4. The van der Waals surface area contributed by atoms with E-state index >= 15 is 0 Å². The first-order chi connectivity index (χ1) is 13.3. The molecule has 2 amide bonds. The number of amides is 2. The Morgan fingerprint density at radius 2 is 1.68 bits per heavy atom. The second kappa shape index (κ2) is 7.84. The van der Waals surface area contributed by atoms with Crippen molar-refractivity contribution in [1.29, 1.82) is 0 Å². The first kappa shape index (κ1) is 19.6. The number of alkyl halides is 3. The second-order valence-electron chi connectivity index (χ2n) is 6.56. The van der Waals surface area contributed by atoms with Gasteiger partial charge in [0, 0.05) is 11.6 Å². The van der Waals surface area contributed by atoms with Crippen LogP contribution in [0.4, 0.5) is 18.9 Å². The van der Waals surface area contributed by atoms with Crippen molar-refractivity contribution in [3.8, 4) is 0 Å². The summed E-state index contributed by atoms with van der Waals surface area (Å²) in [6.07, 6.45) is -4.17. The van der Waals surface area contributed by atoms with E-state index in [-0.39, 0.29) is 23.4 Å². The SMILES string of the molecule is C/C(=N\NC(=O)[C@H]1C[C@@H]1c1ccccc1)c1ccc(NC(=O)C(F)(F)F)cc1. The van der Waals surface area contributed by atoms with Gasteiger partial charge in [-0.2, -0.15) is 18.3 Å². The normalized spacial score (nSPS) is 19.1. The van der Waals surface area contributed by atoms with Crippen molar-refractivity contribution >= 4 is 23.2 Å². The molecule has 2 atom stereocenters. The van der Waals surface area contributed by atoms with Crippen molar-refractivity contribution in [1.82, 2.24) is 5.43 Å². The van der Waals surface area contributed by atoms with Crippen molar-refractivity contribution < 1.29 is 22.8 Å². The fourth-order valence-electron chi connectivity index (χ4n) is 2.84. The number of halogens is 3. The minimum Gasteiger partial charge on any atom is -0.318 e. The van der Waals surface area contributed by atoms with Crippen LogP contribution >= 0.6 is 0 Å². The van der Waals surface area contributed by atoms with Gasteiger partial charge in [-0.15, -0.1) is 0 Å². The van der Waals surface area contributed by atoms with Gasteiger partial charge in [0.05, 0.1) is 5.71 Å². The molecule has 0 bridgehead atoms. The molecule has 1 aliphatic rings. The van der Waals surface area contributed by atoms with Crippen LogP contribution in [-0.4, -0.2) is 23.7 Å². The zero-order chi connectivity index (χ0) is 20.3. The molecular formula is C20H18F3N3O2. The molecule has 2 aromatic carbocycles. The Morgan fingerprint density at radius 3 is 2.29 bits per heavy atom. The van der Waals surface area contributed by atoms with Gasteiger partial charge in [-0.3, -0.25) is 9.59 Å². The summed E-state index contributed by atoms with van der Waals surface area (Å²) in [7, 11) is 0. The van der Waals surface area contributed by atoms with E-state index < -0.39 is 12.1 Å². The molecule has 0 aromatic heterocycles. The zero-order valence-electron chi connectivity index (χ0n) is 15.0. The molecule has 5 nitrogen and oxygen atoms in total. The lowest BCUT2D eigenvalue weighted by molar-refractivity contribution is -0.167. The number of nitrogens with zero attached hydrogens (tertiary/aromatic N) is 1. The lowest BCUT2D eigenvalue weighted by Gasteiger charge is -2.08. The number of carbonyl (C=O) groups is 2. The van der Waals surface area contributed by atoms with Crippen molar-refractivity contribution in [3.05, 3.63) is 65.7 Å². The summed E-state index contributed by atoms with van der Waals surface area (Å²) < 4.78 is 36.8. The third-order valence-electron chi connectivity index (χ3n) is 4.51. The lowest BCUT2D eigenvalue weighted by Crippen LogP contribution is -2.29. The Morgan fingerprint density at radius 1 is 1.04 bits per heavy atom. The summed E-state index contributed by atoms with van der Waals surface area (Å²) in [5.74, 6) is -2.11. The van der Waals surface area contributed by atoms with Gasteiger partial charge >= 0.3 is 12.1 Å². The van der Waals surface area contributed by atoms with Gasteiger partial charge in [0.15, 0.2) is 0 Å². The van der Waals surface area contributed by atoms with Crippen molar-refractivity contribution in [3.63, 3.8) is 0 Å². The van der Waals surface area contributed by atoms with Gasteiger partial charge in [0.2, 0.25) is 5.91 Å². The van der Waals surface area contributed by atoms with E-state index in [9.17, 15) is 22.8 Å². The molecular weight excluding hydrogens is 371 g/mol. The molecule has 146 valence electrons. The van der Waals surface area contributed by atoms with E-state index in [4.69, 9.17) is 0 Å². The molecule has 0 spiro atoms. The number of hydrazone groups is 1. The molecule has 0 unspecified atom stereocenters. The highest BCUT2D eigenvalue weighted by molar-refractivity contribution is 6.00. The van der Waals surface area contributed by atoms with Crippen LogP contribution in [0.3, 0.4) is 0 Å². The van der Waals surface area contributed by atoms with Crippen LogP contribution in [0.5, 0.6) is 0 Å². The zero-order valence-corrected chi connectivity index (χ0v) is 15.0. The molecule has 1 fully saturated rings. The maximum Gasteiger partial charge on any atom is 0.471 e. The molecule has 2 N–H and O–H groups in total. The quantitative estimate of drug-likeness (QED) is 0.603. The molecule has 1 saturated carbocycles. The molecule has 8 heteroatoms. The molecule has 0 aliphatic heterocycles. The predicted octanol–water partition coefficient (Wildman–Crippen LogP) is 3.83. The van der Waals surface area contributed by atoms with Crippen LogP contribution in [0.2, 0.25) is 0 Å². The Balaban J connectivity index is 1.55. The molecule has 0 radical (unpaired) electrons. The Kier molecular flexibility index (Phi) is 5.48. The van der Waals surface area contributed by atoms with Crippen LogP contribution in [-0.2, 0) is 9.59 Å². The number of hydrogen-bond acceptors (Lipinski definition) is 3. The maximum atomic E-state index is 12.3. The Hall–Kier alpha value is -3.16. The standard InChI is InChI=1S/C20H18F3N3O2/c1-12(13-7-9-15(10-8-13)24-19(28)20(21,22)23)25-26-18(27)17-11-16(17)14-5-3-2-4-6-14/h2-10,16-17H,11H2,1H3,(H,24,28)(H,26,27)/b25-12+/t16-,17+/m1/s1. The monoisotopic (exact) mass is 389 g/mol. The van der Waals surface area contributed by atoms with E-state index in [1.54, 1.807) is 12.2 Å². The number of benzene rings is 2. The summed E-state index contributed by atoms with van der Waals surface area (Å²) in [5.41, 5.74) is 4.80. The average molecular weight is 389 g/mol. The summed E-state index contributed by atoms with van der Waals surface area (Å²) >= 11 is 0. The van der Waals surface area contributed by atoms with Gasteiger partial charge in [-0.05, 0) is 42.5 Å². The van der Waals surface area contributed by atoms with E-state index in [0.29, 0.717) is 11.3 Å². The van der Waals surface area contributed by atoms with Gasteiger partial charge in [0.1, 0.15) is 0 Å². The van der Waals surface area contributed by atoms with E-state index in [1.165, 1.54) is 24.3 Å². The highest BCUT2D eigenvalue weighted by Crippen LogP contribution is 2.47. The number of anilines is 1. The van der Waals surface area contributed by atoms with E-state index in [0.717, 1.165) is 12.0 Å². The first-order valence-electron chi connectivity index (χ1n) is 8.63. The number of carbonyl (C=O) groups excluding carboxylic acids is 2. The summed E-state index contributed by atoms with van der Waals surface area (Å²) in [5, 5.41) is 5.83. The number of rotatable bonds is 5. The Labute approximate surface area is 159 Å². The predicted molar refractivity (Wildman–Crippen MR) is 98.8 cm³/mol. The molecule has 2 aromatic rings. The minimum atomic E-state index is -4.94. The number of hydrogen-bond donors (Lipinski definition) is 2. The van der Waals surface area contributed by atoms with Crippen LogP contribution in [0.15, 0.2) is 59.7 Å². The maximum absolute atomic E-state index is 12.3. The van der Waals surface area contributed by atoms with Crippen LogP contribution < -0.4 is 10.7 Å². The molecule has 3 rings (SSSR count). The van der Waals surface area contributed by atoms with Gasteiger partial charge in [-0.25, -0.2) is 5.43 Å². The minimum absolute atomic E-state index is 0.0200. The smallest absolute Gasteiger partial charge is 0.318 e. The van der Waals surface area contributed by atoms with Crippen molar-refractivity contribution in [2.24, 2.45) is 11.0 Å². The average Bonchev–Trinajstić information content (AvgIpc) is 3.47. The molecule has 0 heterocycles. The van der Waals surface area contributed by atoms with Crippen LogP contribution in [0.25, 0.3) is 0 Å². The fraction of sp³-hybridized carbons (Fsp3) is 0.250. The lowest BCUT2D eigenvalue weighted by atomic mass is 10.1. The summed E-state index contributed by atoms with van der Waals surface area (Å²) in [6.45, 7) is 1.67. The van der Waals surface area contributed by atoms with E-state index in [1.807, 2.05) is 30.3 Å². The van der Waals surface area contributed by atoms with Gasteiger partial charge in [0.25, 0.3) is 0 Å². The second-order valence-corrected chi connectivity index (χ2v) is 6.56. The van der Waals surface area contributed by atoms with Gasteiger partial charge < -0.3 is 5.32 Å². The van der Waals surface area contributed by atoms with Crippen LogP contribution in [0, 0.1) is 5.92 Å². The first-order valence-corrected chi connectivity index (χ1v) is 8.63. The van der Waals surface area contributed by atoms with Crippen molar-refractivity contribution in [2.75, 3.05) is 5.32 Å². The summed E-state index contributed by atoms with van der Waals surface area (Å²) in [4.78, 5) is 23.1.